The fourth-order valence-corrected chi connectivity index (χ4v) is 6.40. The number of nitrogens with zero attached hydrogens (tertiary/aromatic N) is 2. The van der Waals surface area contributed by atoms with Gasteiger partial charge in [0.2, 0.25) is 0 Å². The summed E-state index contributed by atoms with van der Waals surface area (Å²) < 4.78 is 6.23. The van der Waals surface area contributed by atoms with Crippen molar-refractivity contribution in [2.45, 2.75) is 0 Å². The first-order chi connectivity index (χ1) is 23.2. The van der Waals surface area contributed by atoms with Crippen molar-refractivity contribution >= 4 is 32.7 Å². The second-order valence-electron chi connectivity index (χ2n) is 11.9. The summed E-state index contributed by atoms with van der Waals surface area (Å²) in [5.41, 5.74) is 11.1. The van der Waals surface area contributed by atoms with E-state index in [1.807, 2.05) is 24.3 Å². The molecule has 9 aromatic rings. The van der Waals surface area contributed by atoms with Gasteiger partial charge < -0.3 is 4.42 Å². The molecule has 220 valence electrons. The van der Waals surface area contributed by atoms with Gasteiger partial charge >= 0.3 is 0 Å². The third kappa shape index (κ3) is 5.04. The highest BCUT2D eigenvalue weighted by Gasteiger charge is 2.14. The molecule has 0 bridgehead atoms. The Kier molecular flexibility index (Phi) is 6.46. The molecule has 0 aliphatic rings. The van der Waals surface area contributed by atoms with Crippen LogP contribution in [0.15, 0.2) is 174 Å². The second-order valence-corrected chi connectivity index (χ2v) is 11.9. The van der Waals surface area contributed by atoms with Crippen molar-refractivity contribution in [3.05, 3.63) is 170 Å². The van der Waals surface area contributed by atoms with E-state index in [9.17, 15) is 0 Å². The Hall–Kier alpha value is -6.32. The van der Waals surface area contributed by atoms with E-state index >= 15 is 0 Å². The van der Waals surface area contributed by atoms with Crippen molar-refractivity contribution in [3.8, 4) is 56.2 Å². The Morgan fingerprint density at radius 1 is 0.319 bits per heavy atom. The largest absolute Gasteiger partial charge is 0.456 e. The van der Waals surface area contributed by atoms with E-state index < -0.39 is 0 Å². The highest BCUT2D eigenvalue weighted by atomic mass is 16.3. The highest BCUT2D eigenvalue weighted by Crippen LogP contribution is 2.34. The standard InChI is InChI=1S/C44H28N2O/c1-2-8-29(9-3-1)31-14-19-33(20-15-31)40-28-41(34-21-16-32(17-22-34)36-23-18-30-10-4-5-11-35(30)26-36)46-44(45-40)37-24-25-39-38-12-6-7-13-42(38)47-43(39)27-37/h1-28H. The lowest BCUT2D eigenvalue weighted by Crippen LogP contribution is -1.96. The molecule has 3 heteroatoms. The molecular weight excluding hydrogens is 572 g/mol. The van der Waals surface area contributed by atoms with Crippen LogP contribution in [-0.2, 0) is 0 Å². The molecule has 0 aliphatic carbocycles. The fraction of sp³-hybridized carbons (Fsp3) is 0. The van der Waals surface area contributed by atoms with E-state index in [1.165, 1.54) is 33.0 Å². The van der Waals surface area contributed by atoms with Crippen LogP contribution in [0.4, 0.5) is 0 Å². The first-order valence-corrected chi connectivity index (χ1v) is 15.8. The number of fused-ring (bicyclic) bond motifs is 4. The average Bonchev–Trinajstić information content (AvgIpc) is 3.53. The van der Waals surface area contributed by atoms with Crippen molar-refractivity contribution in [2.24, 2.45) is 0 Å². The molecule has 7 aromatic carbocycles. The van der Waals surface area contributed by atoms with Gasteiger partial charge in [0, 0.05) is 27.5 Å². The maximum atomic E-state index is 6.23. The molecule has 0 unspecified atom stereocenters. The summed E-state index contributed by atoms with van der Waals surface area (Å²) in [7, 11) is 0. The third-order valence-corrected chi connectivity index (χ3v) is 8.91. The number of furan rings is 1. The minimum atomic E-state index is 0.658. The molecule has 0 fully saturated rings. The first-order valence-electron chi connectivity index (χ1n) is 15.8. The van der Waals surface area contributed by atoms with Crippen molar-refractivity contribution < 1.29 is 4.42 Å². The molecule has 2 heterocycles. The third-order valence-electron chi connectivity index (χ3n) is 8.91. The van der Waals surface area contributed by atoms with E-state index in [1.54, 1.807) is 0 Å². The Morgan fingerprint density at radius 3 is 1.60 bits per heavy atom. The van der Waals surface area contributed by atoms with E-state index in [2.05, 4.69) is 146 Å². The number of para-hydroxylation sites is 1. The Labute approximate surface area is 272 Å². The van der Waals surface area contributed by atoms with Gasteiger partial charge in [-0.25, -0.2) is 9.97 Å². The zero-order chi connectivity index (χ0) is 31.2. The average molecular weight is 601 g/mol. The molecule has 47 heavy (non-hydrogen) atoms. The molecule has 0 N–H and O–H groups in total. The number of rotatable bonds is 5. The molecular formula is C44H28N2O. The van der Waals surface area contributed by atoms with Crippen LogP contribution in [0, 0.1) is 0 Å². The molecule has 0 radical (unpaired) electrons. The van der Waals surface area contributed by atoms with Gasteiger partial charge in [-0.15, -0.1) is 0 Å². The monoisotopic (exact) mass is 600 g/mol. The van der Waals surface area contributed by atoms with Crippen LogP contribution in [0.1, 0.15) is 0 Å². The van der Waals surface area contributed by atoms with Crippen LogP contribution in [0.3, 0.4) is 0 Å². The van der Waals surface area contributed by atoms with E-state index in [0.29, 0.717) is 5.82 Å². The summed E-state index contributed by atoms with van der Waals surface area (Å²) in [6.45, 7) is 0. The van der Waals surface area contributed by atoms with Crippen LogP contribution in [-0.4, -0.2) is 9.97 Å². The van der Waals surface area contributed by atoms with Gasteiger partial charge in [0.1, 0.15) is 11.2 Å². The molecule has 3 nitrogen and oxygen atoms in total. The number of aromatic nitrogens is 2. The Balaban J connectivity index is 1.14. The molecule has 0 spiro atoms. The van der Waals surface area contributed by atoms with Crippen LogP contribution in [0.5, 0.6) is 0 Å². The summed E-state index contributed by atoms with van der Waals surface area (Å²) in [5, 5.41) is 4.67. The summed E-state index contributed by atoms with van der Waals surface area (Å²) in [6, 6.07) is 59.3. The first kappa shape index (κ1) is 27.0. The van der Waals surface area contributed by atoms with Gasteiger partial charge in [-0.05, 0) is 63.4 Å². The lowest BCUT2D eigenvalue weighted by molar-refractivity contribution is 0.669. The van der Waals surface area contributed by atoms with E-state index in [4.69, 9.17) is 14.4 Å². The summed E-state index contributed by atoms with van der Waals surface area (Å²) in [5.74, 6) is 0.658. The lowest BCUT2D eigenvalue weighted by atomic mass is 9.99. The highest BCUT2D eigenvalue weighted by molar-refractivity contribution is 6.05. The van der Waals surface area contributed by atoms with Crippen molar-refractivity contribution in [1.29, 1.82) is 0 Å². The maximum absolute atomic E-state index is 6.23. The molecule has 0 amide bonds. The molecule has 9 rings (SSSR count). The number of hydrogen-bond donors (Lipinski definition) is 0. The van der Waals surface area contributed by atoms with E-state index in [-0.39, 0.29) is 0 Å². The van der Waals surface area contributed by atoms with Gasteiger partial charge in [-0.3, -0.25) is 0 Å². The maximum Gasteiger partial charge on any atom is 0.160 e. The predicted octanol–water partition coefficient (Wildman–Crippen LogP) is 11.9. The SMILES string of the molecule is c1ccc(-c2ccc(-c3cc(-c4ccc(-c5ccc6ccccc6c5)cc4)nc(-c4ccc5c(c4)oc4ccccc45)n3)cc2)cc1. The van der Waals surface area contributed by atoms with Crippen molar-refractivity contribution in [2.75, 3.05) is 0 Å². The van der Waals surface area contributed by atoms with Crippen LogP contribution < -0.4 is 0 Å². The summed E-state index contributed by atoms with van der Waals surface area (Å²) in [4.78, 5) is 10.2. The predicted molar refractivity (Wildman–Crippen MR) is 194 cm³/mol. The Bertz CT molecular complexity index is 2550. The summed E-state index contributed by atoms with van der Waals surface area (Å²) >= 11 is 0. The van der Waals surface area contributed by atoms with E-state index in [0.717, 1.165) is 50.0 Å². The normalized spacial score (nSPS) is 11.4. The van der Waals surface area contributed by atoms with Gasteiger partial charge in [0.25, 0.3) is 0 Å². The van der Waals surface area contributed by atoms with Crippen LogP contribution in [0.25, 0.3) is 88.9 Å². The number of hydrogen-bond acceptors (Lipinski definition) is 3. The van der Waals surface area contributed by atoms with Gasteiger partial charge in [0.05, 0.1) is 11.4 Å². The fourth-order valence-electron chi connectivity index (χ4n) is 6.40. The van der Waals surface area contributed by atoms with Gasteiger partial charge in [-0.1, -0.05) is 140 Å². The topological polar surface area (TPSA) is 38.9 Å². The van der Waals surface area contributed by atoms with Gasteiger partial charge in [-0.2, -0.15) is 0 Å². The van der Waals surface area contributed by atoms with Crippen LogP contribution in [0.2, 0.25) is 0 Å². The zero-order valence-electron chi connectivity index (χ0n) is 25.5. The second kappa shape index (κ2) is 11.2. The summed E-state index contributed by atoms with van der Waals surface area (Å²) in [6.07, 6.45) is 0. The molecule has 0 aliphatic heterocycles. The van der Waals surface area contributed by atoms with Gasteiger partial charge in [0.15, 0.2) is 5.82 Å². The number of benzene rings is 7. The molecule has 0 atom stereocenters. The van der Waals surface area contributed by atoms with Crippen molar-refractivity contribution in [3.63, 3.8) is 0 Å². The lowest BCUT2D eigenvalue weighted by Gasteiger charge is -2.11. The smallest absolute Gasteiger partial charge is 0.160 e. The molecule has 0 saturated carbocycles. The van der Waals surface area contributed by atoms with Crippen LogP contribution >= 0.6 is 0 Å². The zero-order valence-corrected chi connectivity index (χ0v) is 25.5. The molecule has 0 saturated heterocycles. The Morgan fingerprint density at radius 2 is 0.851 bits per heavy atom. The molecule has 2 aromatic heterocycles. The minimum Gasteiger partial charge on any atom is -0.456 e. The quantitative estimate of drug-likeness (QED) is 0.197. The minimum absolute atomic E-state index is 0.658. The van der Waals surface area contributed by atoms with Crippen molar-refractivity contribution in [1.82, 2.24) is 9.97 Å².